The lowest BCUT2D eigenvalue weighted by Crippen LogP contribution is -2.52. The number of imide groups is 1. The van der Waals surface area contributed by atoms with Crippen LogP contribution in [-0.4, -0.2) is 40.7 Å². The van der Waals surface area contributed by atoms with Crippen LogP contribution in [0.3, 0.4) is 0 Å². The van der Waals surface area contributed by atoms with Crippen LogP contribution < -0.4 is 10.6 Å². The van der Waals surface area contributed by atoms with Gasteiger partial charge in [-0.3, -0.25) is 24.5 Å². The summed E-state index contributed by atoms with van der Waals surface area (Å²) in [5, 5.41) is 3.65. The minimum absolute atomic E-state index is 0.00640. The minimum atomic E-state index is -4.92. The van der Waals surface area contributed by atoms with Crippen molar-refractivity contribution in [1.29, 1.82) is 0 Å². The predicted octanol–water partition coefficient (Wildman–Crippen LogP) is 3.27. The molecule has 4 amide bonds. The molecule has 0 radical (unpaired) electrons. The summed E-state index contributed by atoms with van der Waals surface area (Å²) in [5.41, 5.74) is -1.44. The first-order valence-corrected chi connectivity index (χ1v) is 10.4. The largest absolute Gasteiger partial charge is 0.412 e. The third-order valence-corrected chi connectivity index (χ3v) is 6.06. The number of piperidine rings is 1. The fourth-order valence-electron chi connectivity index (χ4n) is 4.03. The molecule has 2 aromatic carbocycles. The Bertz CT molecular complexity index is 1220. The molecule has 7 nitrogen and oxygen atoms in total. The maximum Gasteiger partial charge on any atom is 0.412 e. The Morgan fingerprint density at radius 3 is 2.50 bits per heavy atom. The highest BCUT2D eigenvalue weighted by Gasteiger charge is 2.44. The molecule has 0 bridgehead atoms. The molecule has 2 N–H and O–H groups in total. The minimum Gasteiger partial charge on any atom is -0.337 e. The molecule has 2 aliphatic heterocycles. The number of benzene rings is 2. The number of carbonyl (C=O) groups is 4. The summed E-state index contributed by atoms with van der Waals surface area (Å²) in [6, 6.07) is 3.59. The summed E-state index contributed by atoms with van der Waals surface area (Å²) in [6.07, 6.45) is -4.88. The van der Waals surface area contributed by atoms with Crippen LogP contribution in [0.5, 0.6) is 0 Å². The van der Waals surface area contributed by atoms with E-state index in [0.717, 1.165) is 23.1 Å². The van der Waals surface area contributed by atoms with Gasteiger partial charge in [0.2, 0.25) is 11.8 Å². The molecular formula is C22H16ClF4N3O4. The number of carbonyl (C=O) groups excluding carboxylic acids is 4. The van der Waals surface area contributed by atoms with Crippen LogP contribution in [0.4, 0.5) is 17.6 Å². The molecule has 4 rings (SSSR count). The van der Waals surface area contributed by atoms with Crippen molar-refractivity contribution in [3.63, 3.8) is 0 Å². The predicted molar refractivity (Wildman–Crippen MR) is 110 cm³/mol. The fourth-order valence-corrected chi connectivity index (χ4v) is 4.28. The van der Waals surface area contributed by atoms with Crippen molar-refractivity contribution in [2.75, 3.05) is 0 Å². The first-order chi connectivity index (χ1) is 16.0. The molecule has 2 heterocycles. The van der Waals surface area contributed by atoms with Gasteiger partial charge in [-0.15, -0.1) is 0 Å². The molecule has 0 spiro atoms. The highest BCUT2D eigenvalue weighted by Crippen LogP contribution is 2.37. The Labute approximate surface area is 195 Å². The molecule has 2 aromatic rings. The van der Waals surface area contributed by atoms with Gasteiger partial charge in [-0.25, -0.2) is 4.39 Å². The van der Waals surface area contributed by atoms with E-state index in [-0.39, 0.29) is 35.5 Å². The number of hydrogen-bond acceptors (Lipinski definition) is 4. The van der Waals surface area contributed by atoms with Crippen molar-refractivity contribution in [3.05, 3.63) is 69.5 Å². The van der Waals surface area contributed by atoms with Gasteiger partial charge < -0.3 is 10.2 Å². The van der Waals surface area contributed by atoms with Gasteiger partial charge in [0.05, 0.1) is 12.1 Å². The third-order valence-electron chi connectivity index (χ3n) is 5.71. The van der Waals surface area contributed by atoms with Crippen LogP contribution in [0.25, 0.3) is 0 Å². The standard InChI is InChI=1S/C22H16ClF4N3O4/c23-14-4-2-1-3-11(14)18(22(25,26)27)29-19(32)12-6-5-10-13(17(12)24)9-30(21(10)34)15-7-8-16(31)28-20(15)33/h1-6,15,18H,7-9H2,(H,29,32)(H,28,31,33)/t15?,18-/m1/s1. The highest BCUT2D eigenvalue weighted by atomic mass is 35.5. The zero-order valence-corrected chi connectivity index (χ0v) is 18.0. The summed E-state index contributed by atoms with van der Waals surface area (Å²) >= 11 is 5.87. The summed E-state index contributed by atoms with van der Waals surface area (Å²) in [7, 11) is 0. The Kier molecular flexibility index (Phi) is 6.07. The lowest BCUT2D eigenvalue weighted by atomic mass is 10.0. The van der Waals surface area contributed by atoms with E-state index in [2.05, 4.69) is 5.32 Å². The van der Waals surface area contributed by atoms with Crippen LogP contribution >= 0.6 is 11.6 Å². The quantitative estimate of drug-likeness (QED) is 0.500. The lowest BCUT2D eigenvalue weighted by Gasteiger charge is -2.29. The van der Waals surface area contributed by atoms with Gasteiger partial charge in [0, 0.05) is 28.1 Å². The first-order valence-electron chi connectivity index (χ1n) is 10.1. The van der Waals surface area contributed by atoms with Crippen LogP contribution in [0.15, 0.2) is 36.4 Å². The number of nitrogens with zero attached hydrogens (tertiary/aromatic N) is 1. The number of nitrogens with one attached hydrogen (secondary N) is 2. The molecule has 1 fully saturated rings. The van der Waals surface area contributed by atoms with E-state index in [4.69, 9.17) is 11.6 Å². The van der Waals surface area contributed by atoms with Crippen LogP contribution in [0, 0.1) is 5.82 Å². The number of halogens is 5. The zero-order valence-electron chi connectivity index (χ0n) is 17.2. The van der Waals surface area contributed by atoms with Crippen molar-refractivity contribution in [2.24, 2.45) is 0 Å². The average Bonchev–Trinajstić information content (AvgIpc) is 3.09. The molecule has 2 atom stereocenters. The van der Waals surface area contributed by atoms with Gasteiger partial charge in [-0.1, -0.05) is 29.8 Å². The molecule has 34 heavy (non-hydrogen) atoms. The maximum absolute atomic E-state index is 15.2. The summed E-state index contributed by atoms with van der Waals surface area (Å²) in [4.78, 5) is 49.9. The number of fused-ring (bicyclic) bond motifs is 1. The van der Waals surface area contributed by atoms with Gasteiger partial charge in [0.15, 0.2) is 6.04 Å². The molecule has 0 aromatic heterocycles. The van der Waals surface area contributed by atoms with E-state index in [1.54, 1.807) is 5.32 Å². The molecule has 0 aliphatic carbocycles. The maximum atomic E-state index is 15.2. The van der Waals surface area contributed by atoms with Crippen molar-refractivity contribution >= 4 is 35.2 Å². The van der Waals surface area contributed by atoms with Gasteiger partial charge in [0.25, 0.3) is 11.8 Å². The van der Waals surface area contributed by atoms with E-state index in [1.807, 2.05) is 0 Å². The molecular weight excluding hydrogens is 482 g/mol. The van der Waals surface area contributed by atoms with E-state index in [0.29, 0.717) is 0 Å². The first kappa shape index (κ1) is 23.7. The normalized spacial score (nSPS) is 19.0. The molecule has 2 aliphatic rings. The van der Waals surface area contributed by atoms with E-state index < -0.39 is 58.8 Å². The lowest BCUT2D eigenvalue weighted by molar-refractivity contribution is -0.155. The highest BCUT2D eigenvalue weighted by molar-refractivity contribution is 6.31. The Morgan fingerprint density at radius 2 is 1.85 bits per heavy atom. The Hall–Kier alpha value is -3.47. The van der Waals surface area contributed by atoms with Gasteiger partial charge in [-0.05, 0) is 24.6 Å². The monoisotopic (exact) mass is 497 g/mol. The smallest absolute Gasteiger partial charge is 0.337 e. The second kappa shape index (κ2) is 8.71. The molecule has 178 valence electrons. The van der Waals surface area contributed by atoms with Crippen molar-refractivity contribution in [1.82, 2.24) is 15.5 Å². The Balaban J connectivity index is 1.61. The molecule has 1 unspecified atom stereocenters. The molecule has 12 heteroatoms. The van der Waals surface area contributed by atoms with Gasteiger partial charge in [-0.2, -0.15) is 13.2 Å². The van der Waals surface area contributed by atoms with Crippen molar-refractivity contribution < 1.29 is 36.7 Å². The fraction of sp³-hybridized carbons (Fsp3) is 0.273. The number of alkyl halides is 3. The summed E-state index contributed by atoms with van der Waals surface area (Å²) < 4.78 is 56.2. The molecule has 0 saturated carbocycles. The van der Waals surface area contributed by atoms with Crippen LogP contribution in [-0.2, 0) is 16.1 Å². The number of rotatable bonds is 4. The summed E-state index contributed by atoms with van der Waals surface area (Å²) in [6.45, 7) is -0.374. The number of hydrogen-bond donors (Lipinski definition) is 2. The van der Waals surface area contributed by atoms with E-state index in [1.165, 1.54) is 18.2 Å². The SMILES string of the molecule is O=C1CCC(N2Cc3c(ccc(C(=O)N[C@H](c4ccccc4Cl)C(F)(F)F)c3F)C2=O)C(=O)N1. The second-order valence-corrected chi connectivity index (χ2v) is 8.23. The van der Waals surface area contributed by atoms with Crippen molar-refractivity contribution in [3.8, 4) is 0 Å². The topological polar surface area (TPSA) is 95.6 Å². The van der Waals surface area contributed by atoms with Gasteiger partial charge in [0.1, 0.15) is 11.9 Å². The van der Waals surface area contributed by atoms with Crippen molar-refractivity contribution in [2.45, 2.75) is 37.6 Å². The Morgan fingerprint density at radius 1 is 1.15 bits per heavy atom. The van der Waals surface area contributed by atoms with E-state index >= 15 is 4.39 Å². The second-order valence-electron chi connectivity index (χ2n) is 7.82. The summed E-state index contributed by atoms with van der Waals surface area (Å²) in [5.74, 6) is -4.40. The third kappa shape index (κ3) is 4.23. The van der Waals surface area contributed by atoms with Crippen LogP contribution in [0.2, 0.25) is 5.02 Å². The van der Waals surface area contributed by atoms with Gasteiger partial charge >= 0.3 is 6.18 Å². The average molecular weight is 498 g/mol. The molecule has 1 saturated heterocycles. The number of amides is 4. The van der Waals surface area contributed by atoms with E-state index in [9.17, 15) is 32.3 Å². The zero-order chi connectivity index (χ0) is 24.8. The van der Waals surface area contributed by atoms with Crippen LogP contribution in [0.1, 0.15) is 50.7 Å².